The molecular formula is C43H29N. The lowest BCUT2D eigenvalue weighted by Gasteiger charge is -2.18. The Morgan fingerprint density at radius 3 is 1.36 bits per heavy atom. The smallest absolute Gasteiger partial charge is 0.0541 e. The molecule has 9 rings (SSSR count). The number of aryl methyl sites for hydroxylation is 1. The van der Waals surface area contributed by atoms with E-state index in [2.05, 4.69) is 169 Å². The van der Waals surface area contributed by atoms with Crippen molar-refractivity contribution in [2.24, 2.45) is 0 Å². The first-order valence-corrected chi connectivity index (χ1v) is 15.3. The van der Waals surface area contributed by atoms with E-state index in [4.69, 9.17) is 0 Å². The van der Waals surface area contributed by atoms with E-state index in [1.807, 2.05) is 0 Å². The summed E-state index contributed by atoms with van der Waals surface area (Å²) in [5.74, 6) is 0. The topological polar surface area (TPSA) is 4.93 Å². The van der Waals surface area contributed by atoms with Gasteiger partial charge in [-0.05, 0) is 91.8 Å². The summed E-state index contributed by atoms with van der Waals surface area (Å²) in [7, 11) is 0. The Morgan fingerprint density at radius 2 is 0.795 bits per heavy atom. The van der Waals surface area contributed by atoms with Crippen molar-refractivity contribution in [3.63, 3.8) is 0 Å². The molecule has 0 aliphatic heterocycles. The van der Waals surface area contributed by atoms with Gasteiger partial charge in [-0.2, -0.15) is 0 Å². The van der Waals surface area contributed by atoms with Crippen molar-refractivity contribution in [3.8, 4) is 27.9 Å². The highest BCUT2D eigenvalue weighted by Gasteiger charge is 2.17. The van der Waals surface area contributed by atoms with Crippen LogP contribution in [0.25, 0.3) is 82.1 Å². The fourth-order valence-corrected chi connectivity index (χ4v) is 7.20. The number of rotatable bonds is 3. The Bertz CT molecular complexity index is 2440. The number of hydrogen-bond acceptors (Lipinski definition) is 0. The van der Waals surface area contributed by atoms with Gasteiger partial charge in [-0.1, -0.05) is 133 Å². The maximum atomic E-state index is 2.39. The number of nitrogens with zero attached hydrogens (tertiary/aromatic N) is 1. The quantitative estimate of drug-likeness (QED) is 0.190. The molecule has 0 bridgehead atoms. The Hall–Kier alpha value is -5.66. The molecule has 0 fully saturated rings. The molecule has 1 nitrogen and oxygen atoms in total. The molecule has 0 atom stereocenters. The minimum absolute atomic E-state index is 1.18. The highest BCUT2D eigenvalue weighted by atomic mass is 15.0. The number of aromatic nitrogens is 1. The van der Waals surface area contributed by atoms with Crippen LogP contribution in [-0.2, 0) is 0 Å². The Morgan fingerprint density at radius 1 is 0.364 bits per heavy atom. The van der Waals surface area contributed by atoms with E-state index in [1.54, 1.807) is 0 Å². The highest BCUT2D eigenvalue weighted by molar-refractivity contribution is 6.21. The third-order valence-electron chi connectivity index (χ3n) is 9.22. The molecule has 1 heteroatoms. The van der Waals surface area contributed by atoms with Gasteiger partial charge in [-0.15, -0.1) is 0 Å². The molecule has 44 heavy (non-hydrogen) atoms. The monoisotopic (exact) mass is 559 g/mol. The molecule has 1 heterocycles. The summed E-state index contributed by atoms with van der Waals surface area (Å²) in [6.45, 7) is 2.15. The zero-order chi connectivity index (χ0) is 29.2. The van der Waals surface area contributed by atoms with Crippen molar-refractivity contribution in [1.29, 1.82) is 0 Å². The van der Waals surface area contributed by atoms with Gasteiger partial charge >= 0.3 is 0 Å². The van der Waals surface area contributed by atoms with Crippen LogP contribution in [0.2, 0.25) is 0 Å². The predicted molar refractivity (Wildman–Crippen MR) is 189 cm³/mol. The van der Waals surface area contributed by atoms with Crippen LogP contribution < -0.4 is 0 Å². The summed E-state index contributed by atoms with van der Waals surface area (Å²) in [5.41, 5.74) is 10.0. The third-order valence-corrected chi connectivity index (χ3v) is 9.22. The van der Waals surface area contributed by atoms with Crippen LogP contribution in [0.5, 0.6) is 0 Å². The number of para-hydroxylation sites is 2. The maximum absolute atomic E-state index is 2.39. The van der Waals surface area contributed by atoms with Crippen molar-refractivity contribution in [1.82, 2.24) is 4.57 Å². The zero-order valence-corrected chi connectivity index (χ0v) is 24.5. The highest BCUT2D eigenvalue weighted by Crippen LogP contribution is 2.44. The van der Waals surface area contributed by atoms with Gasteiger partial charge in [0.05, 0.1) is 11.0 Å². The van der Waals surface area contributed by atoms with Gasteiger partial charge in [0.25, 0.3) is 0 Å². The van der Waals surface area contributed by atoms with Crippen LogP contribution >= 0.6 is 0 Å². The number of fused-ring (bicyclic) bond motifs is 6. The summed E-state index contributed by atoms with van der Waals surface area (Å²) in [4.78, 5) is 0. The average molecular weight is 560 g/mol. The van der Waals surface area contributed by atoms with Gasteiger partial charge in [0.1, 0.15) is 0 Å². The molecular weight excluding hydrogens is 530 g/mol. The summed E-state index contributed by atoms with van der Waals surface area (Å²) < 4.78 is 2.39. The Balaban J connectivity index is 1.26. The minimum atomic E-state index is 1.18. The Labute approximate surface area is 256 Å². The van der Waals surface area contributed by atoms with Gasteiger partial charge in [-0.25, -0.2) is 0 Å². The summed E-state index contributed by atoms with van der Waals surface area (Å²) in [6.07, 6.45) is 0. The molecule has 0 saturated carbocycles. The van der Waals surface area contributed by atoms with Crippen LogP contribution in [0, 0.1) is 6.92 Å². The zero-order valence-electron chi connectivity index (χ0n) is 24.5. The van der Waals surface area contributed by atoms with E-state index in [1.165, 1.54) is 87.6 Å². The second kappa shape index (κ2) is 9.69. The average Bonchev–Trinajstić information content (AvgIpc) is 3.42. The molecule has 206 valence electrons. The lowest BCUT2D eigenvalue weighted by molar-refractivity contribution is 1.19. The first kappa shape index (κ1) is 24.9. The van der Waals surface area contributed by atoms with E-state index in [0.29, 0.717) is 0 Å². The van der Waals surface area contributed by atoms with Crippen LogP contribution in [0.3, 0.4) is 0 Å². The molecule has 0 unspecified atom stereocenters. The molecule has 8 aromatic carbocycles. The van der Waals surface area contributed by atoms with E-state index < -0.39 is 0 Å². The molecule has 0 amide bonds. The van der Waals surface area contributed by atoms with Crippen LogP contribution in [0.15, 0.2) is 158 Å². The minimum Gasteiger partial charge on any atom is -0.309 e. The molecule has 0 spiro atoms. The molecule has 0 saturated heterocycles. The fraction of sp³-hybridized carbons (Fsp3) is 0.0233. The summed E-state index contributed by atoms with van der Waals surface area (Å²) in [6, 6.07) is 57.9. The molecule has 0 aliphatic carbocycles. The lowest BCUT2D eigenvalue weighted by atomic mass is 9.85. The number of benzene rings is 8. The second-order valence-corrected chi connectivity index (χ2v) is 11.8. The van der Waals surface area contributed by atoms with Crippen molar-refractivity contribution in [2.75, 3.05) is 0 Å². The maximum Gasteiger partial charge on any atom is 0.0541 e. The van der Waals surface area contributed by atoms with Crippen molar-refractivity contribution >= 4 is 54.1 Å². The third kappa shape index (κ3) is 3.73. The van der Waals surface area contributed by atoms with Gasteiger partial charge in [0.2, 0.25) is 0 Å². The van der Waals surface area contributed by atoms with Crippen molar-refractivity contribution < 1.29 is 0 Å². The van der Waals surface area contributed by atoms with Crippen LogP contribution in [-0.4, -0.2) is 4.57 Å². The second-order valence-electron chi connectivity index (χ2n) is 11.8. The first-order valence-electron chi connectivity index (χ1n) is 15.3. The van der Waals surface area contributed by atoms with E-state index in [-0.39, 0.29) is 0 Å². The van der Waals surface area contributed by atoms with Gasteiger partial charge in [0, 0.05) is 16.5 Å². The number of hydrogen-bond donors (Lipinski definition) is 0. The first-order chi connectivity index (χ1) is 21.7. The lowest BCUT2D eigenvalue weighted by Crippen LogP contribution is -1.94. The SMILES string of the molecule is Cc1ccc(-c2c3ccccc3c(-c3ccc4cc(-n5c6ccccc6c6ccccc65)ccc4c3)c3ccccc23)cc1. The molecule has 9 aromatic rings. The van der Waals surface area contributed by atoms with E-state index >= 15 is 0 Å². The fourth-order valence-electron chi connectivity index (χ4n) is 7.20. The van der Waals surface area contributed by atoms with Crippen molar-refractivity contribution in [2.45, 2.75) is 6.92 Å². The van der Waals surface area contributed by atoms with Gasteiger partial charge in [0.15, 0.2) is 0 Å². The molecule has 0 N–H and O–H groups in total. The summed E-state index contributed by atoms with van der Waals surface area (Å²) >= 11 is 0. The van der Waals surface area contributed by atoms with Gasteiger partial charge < -0.3 is 4.57 Å². The van der Waals surface area contributed by atoms with E-state index in [0.717, 1.165) is 0 Å². The Kier molecular flexibility index (Phi) is 5.48. The largest absolute Gasteiger partial charge is 0.309 e. The van der Waals surface area contributed by atoms with Crippen LogP contribution in [0.1, 0.15) is 5.56 Å². The molecule has 0 radical (unpaired) electrons. The van der Waals surface area contributed by atoms with Crippen LogP contribution in [0.4, 0.5) is 0 Å². The van der Waals surface area contributed by atoms with Crippen molar-refractivity contribution in [3.05, 3.63) is 163 Å². The summed E-state index contributed by atoms with van der Waals surface area (Å²) in [5, 5.41) is 10.2. The van der Waals surface area contributed by atoms with Gasteiger partial charge in [-0.3, -0.25) is 0 Å². The molecule has 0 aliphatic rings. The predicted octanol–water partition coefficient (Wildman–Crippen LogP) is 11.9. The molecule has 1 aromatic heterocycles. The normalized spacial score (nSPS) is 11.8. The van der Waals surface area contributed by atoms with E-state index in [9.17, 15) is 0 Å². The standard InChI is InChI=1S/C43H29N/c1-28-18-20-29(21-19-28)42-36-12-2-4-14-38(36)43(39-15-5-3-13-37(39)42)32-23-22-31-27-33(25-24-30(31)26-32)44-40-16-8-6-10-34(40)35-11-7-9-17-41(35)44/h2-27H,1H3.